The van der Waals surface area contributed by atoms with Crippen LogP contribution >= 0.6 is 0 Å². The standard InChI is InChI=1S/C11H15NO3S/c13-9-3-5-10(6-4-9)16(14,15)11-2-1-7-12-8-11/h3-6,11-13H,1-2,7-8H2. The van der Waals surface area contributed by atoms with Gasteiger partial charge in [0.05, 0.1) is 10.1 Å². The number of piperidine rings is 1. The van der Waals surface area contributed by atoms with Crippen molar-refractivity contribution in [3.63, 3.8) is 0 Å². The van der Waals surface area contributed by atoms with E-state index in [1.165, 1.54) is 24.3 Å². The number of hydrogen-bond donors (Lipinski definition) is 2. The Kier molecular flexibility index (Phi) is 3.16. The molecule has 2 N–H and O–H groups in total. The summed E-state index contributed by atoms with van der Waals surface area (Å²) in [6, 6.07) is 5.73. The zero-order valence-electron chi connectivity index (χ0n) is 8.89. The van der Waals surface area contributed by atoms with E-state index in [2.05, 4.69) is 5.32 Å². The van der Waals surface area contributed by atoms with E-state index in [9.17, 15) is 8.42 Å². The highest BCUT2D eigenvalue weighted by molar-refractivity contribution is 7.92. The van der Waals surface area contributed by atoms with Crippen molar-refractivity contribution in [2.45, 2.75) is 23.0 Å². The minimum atomic E-state index is -3.25. The third-order valence-corrected chi connectivity index (χ3v) is 5.07. The van der Waals surface area contributed by atoms with Gasteiger partial charge in [0.15, 0.2) is 9.84 Å². The van der Waals surface area contributed by atoms with E-state index in [0.29, 0.717) is 17.9 Å². The Labute approximate surface area is 95.2 Å². The summed E-state index contributed by atoms with van der Waals surface area (Å²) in [5, 5.41) is 11.9. The average Bonchev–Trinajstić information content (AvgIpc) is 2.31. The molecule has 0 aliphatic carbocycles. The molecule has 1 aliphatic rings. The van der Waals surface area contributed by atoms with Crippen LogP contribution < -0.4 is 5.32 Å². The molecule has 5 heteroatoms. The molecule has 0 spiro atoms. The van der Waals surface area contributed by atoms with Crippen molar-refractivity contribution in [1.29, 1.82) is 0 Å². The maximum Gasteiger partial charge on any atom is 0.182 e. The Hall–Kier alpha value is -1.07. The molecule has 4 nitrogen and oxygen atoms in total. The maximum atomic E-state index is 12.2. The van der Waals surface area contributed by atoms with Gasteiger partial charge in [0.25, 0.3) is 0 Å². The molecule has 0 radical (unpaired) electrons. The third kappa shape index (κ3) is 2.20. The fraction of sp³-hybridized carbons (Fsp3) is 0.455. The minimum absolute atomic E-state index is 0.0840. The number of aromatic hydroxyl groups is 1. The van der Waals surface area contributed by atoms with Crippen LogP contribution in [0.2, 0.25) is 0 Å². The van der Waals surface area contributed by atoms with Gasteiger partial charge in [-0.05, 0) is 43.7 Å². The average molecular weight is 241 g/mol. The van der Waals surface area contributed by atoms with Crippen molar-refractivity contribution in [1.82, 2.24) is 5.32 Å². The van der Waals surface area contributed by atoms with E-state index >= 15 is 0 Å². The summed E-state index contributed by atoms with van der Waals surface area (Å²) < 4.78 is 24.4. The topological polar surface area (TPSA) is 66.4 Å². The van der Waals surface area contributed by atoms with Gasteiger partial charge in [0.2, 0.25) is 0 Å². The lowest BCUT2D eigenvalue weighted by molar-refractivity contribution is 0.474. The predicted molar refractivity (Wildman–Crippen MR) is 61.2 cm³/mol. The first-order chi connectivity index (χ1) is 7.60. The van der Waals surface area contributed by atoms with Gasteiger partial charge in [-0.25, -0.2) is 8.42 Å². The van der Waals surface area contributed by atoms with Crippen molar-refractivity contribution < 1.29 is 13.5 Å². The molecule has 1 unspecified atom stereocenters. The second-order valence-electron chi connectivity index (χ2n) is 4.01. The molecule has 88 valence electrons. The first kappa shape index (κ1) is 11.4. The third-order valence-electron chi connectivity index (χ3n) is 2.86. The maximum absolute atomic E-state index is 12.2. The monoisotopic (exact) mass is 241 g/mol. The Balaban J connectivity index is 2.27. The SMILES string of the molecule is O=S(=O)(c1ccc(O)cc1)C1CCCNC1. The smallest absolute Gasteiger partial charge is 0.182 e. The number of rotatable bonds is 2. The molecular formula is C11H15NO3S. The first-order valence-corrected chi connectivity index (χ1v) is 6.89. The Morgan fingerprint density at radius 3 is 2.50 bits per heavy atom. The van der Waals surface area contributed by atoms with Gasteiger partial charge in [-0.3, -0.25) is 0 Å². The number of hydrogen-bond acceptors (Lipinski definition) is 4. The Bertz CT molecular complexity index is 447. The van der Waals surface area contributed by atoms with Crippen LogP contribution in [0.5, 0.6) is 5.75 Å². The Morgan fingerprint density at radius 2 is 1.94 bits per heavy atom. The van der Waals surface area contributed by atoms with Crippen molar-refractivity contribution in [2.24, 2.45) is 0 Å². The molecule has 1 saturated heterocycles. The number of sulfone groups is 1. The molecule has 1 aromatic rings. The molecule has 1 aliphatic heterocycles. The zero-order chi connectivity index (χ0) is 11.6. The first-order valence-electron chi connectivity index (χ1n) is 5.34. The lowest BCUT2D eigenvalue weighted by atomic mass is 10.2. The Morgan fingerprint density at radius 1 is 1.25 bits per heavy atom. The van der Waals surface area contributed by atoms with Crippen LogP contribution in [-0.4, -0.2) is 31.9 Å². The van der Waals surface area contributed by atoms with Gasteiger partial charge in [0, 0.05) is 6.54 Å². The summed E-state index contributed by atoms with van der Waals surface area (Å²) in [4.78, 5) is 0.291. The molecule has 1 aromatic carbocycles. The molecule has 0 saturated carbocycles. The molecule has 0 bridgehead atoms. The zero-order valence-corrected chi connectivity index (χ0v) is 9.70. The molecule has 0 amide bonds. The molecule has 2 rings (SSSR count). The van der Waals surface area contributed by atoms with Crippen LogP contribution in [-0.2, 0) is 9.84 Å². The van der Waals surface area contributed by atoms with E-state index in [1.54, 1.807) is 0 Å². The summed E-state index contributed by atoms with van der Waals surface area (Å²) in [5.41, 5.74) is 0. The van der Waals surface area contributed by atoms with Crippen molar-refractivity contribution >= 4 is 9.84 Å². The highest BCUT2D eigenvalue weighted by Gasteiger charge is 2.28. The minimum Gasteiger partial charge on any atom is -0.508 e. The van der Waals surface area contributed by atoms with Crippen LogP contribution in [0, 0.1) is 0 Å². The summed E-state index contributed by atoms with van der Waals surface area (Å²) in [7, 11) is -3.25. The number of phenolic OH excluding ortho intramolecular Hbond substituents is 1. The summed E-state index contributed by atoms with van der Waals surface area (Å²) in [5.74, 6) is 0.0840. The molecule has 1 atom stereocenters. The number of phenols is 1. The largest absolute Gasteiger partial charge is 0.508 e. The van der Waals surface area contributed by atoms with E-state index in [-0.39, 0.29) is 11.0 Å². The van der Waals surface area contributed by atoms with Gasteiger partial charge in [-0.2, -0.15) is 0 Å². The van der Waals surface area contributed by atoms with Crippen molar-refractivity contribution in [2.75, 3.05) is 13.1 Å². The van der Waals surface area contributed by atoms with E-state index < -0.39 is 9.84 Å². The van der Waals surface area contributed by atoms with Crippen molar-refractivity contribution in [3.8, 4) is 5.75 Å². The molecular weight excluding hydrogens is 226 g/mol. The van der Waals surface area contributed by atoms with E-state index in [1.807, 2.05) is 0 Å². The van der Waals surface area contributed by atoms with Crippen LogP contribution in [0.1, 0.15) is 12.8 Å². The van der Waals surface area contributed by atoms with Crippen LogP contribution in [0.3, 0.4) is 0 Å². The molecule has 16 heavy (non-hydrogen) atoms. The molecule has 0 aromatic heterocycles. The highest BCUT2D eigenvalue weighted by Crippen LogP contribution is 2.22. The summed E-state index contributed by atoms with van der Waals surface area (Å²) >= 11 is 0. The van der Waals surface area contributed by atoms with Crippen LogP contribution in [0.15, 0.2) is 29.2 Å². The van der Waals surface area contributed by atoms with Gasteiger partial charge < -0.3 is 10.4 Å². The van der Waals surface area contributed by atoms with E-state index in [4.69, 9.17) is 5.11 Å². The normalized spacial score (nSPS) is 21.9. The number of benzene rings is 1. The predicted octanol–water partition coefficient (Wildman–Crippen LogP) is 0.918. The lowest BCUT2D eigenvalue weighted by Crippen LogP contribution is -2.38. The lowest BCUT2D eigenvalue weighted by Gasteiger charge is -2.22. The van der Waals surface area contributed by atoms with E-state index in [0.717, 1.165) is 13.0 Å². The fourth-order valence-electron chi connectivity index (χ4n) is 1.91. The van der Waals surface area contributed by atoms with Gasteiger partial charge in [0.1, 0.15) is 5.75 Å². The second kappa shape index (κ2) is 4.43. The summed E-state index contributed by atoms with van der Waals surface area (Å²) in [6.45, 7) is 1.41. The van der Waals surface area contributed by atoms with Crippen LogP contribution in [0.4, 0.5) is 0 Å². The van der Waals surface area contributed by atoms with Gasteiger partial charge >= 0.3 is 0 Å². The number of nitrogens with one attached hydrogen (secondary N) is 1. The van der Waals surface area contributed by atoms with Gasteiger partial charge in [-0.15, -0.1) is 0 Å². The van der Waals surface area contributed by atoms with Crippen LogP contribution in [0.25, 0.3) is 0 Å². The fourth-order valence-corrected chi connectivity index (χ4v) is 3.63. The van der Waals surface area contributed by atoms with Gasteiger partial charge in [-0.1, -0.05) is 0 Å². The highest BCUT2D eigenvalue weighted by atomic mass is 32.2. The molecule has 1 heterocycles. The molecule has 1 fully saturated rings. The quantitative estimate of drug-likeness (QED) is 0.808. The summed E-state index contributed by atoms with van der Waals surface area (Å²) in [6.07, 6.45) is 1.60. The second-order valence-corrected chi connectivity index (χ2v) is 6.24. The van der Waals surface area contributed by atoms with Crippen molar-refractivity contribution in [3.05, 3.63) is 24.3 Å².